The number of thioether (sulfide) groups is 1. The highest BCUT2D eigenvalue weighted by atomic mass is 35.5. The molecule has 31 heavy (non-hydrogen) atoms. The summed E-state index contributed by atoms with van der Waals surface area (Å²) in [4.78, 5) is 15.0. The highest BCUT2D eigenvalue weighted by molar-refractivity contribution is 7.99. The van der Waals surface area contributed by atoms with Gasteiger partial charge in [0.2, 0.25) is 5.91 Å². The van der Waals surface area contributed by atoms with Crippen molar-refractivity contribution in [1.82, 2.24) is 25.1 Å². The average molecular weight is 466 g/mol. The quantitative estimate of drug-likeness (QED) is 0.399. The molecule has 0 atom stereocenters. The van der Waals surface area contributed by atoms with Crippen molar-refractivity contribution in [2.75, 3.05) is 12.3 Å². The molecule has 0 radical (unpaired) electrons. The number of para-hydroxylation sites is 1. The predicted molar refractivity (Wildman–Crippen MR) is 113 cm³/mol. The van der Waals surface area contributed by atoms with Gasteiger partial charge in [-0.15, -0.1) is 10.2 Å². The fraction of sp³-hybridized carbons (Fsp3) is 0.150. The number of benzene rings is 2. The van der Waals surface area contributed by atoms with Crippen molar-refractivity contribution in [1.29, 1.82) is 0 Å². The molecule has 0 unspecified atom stereocenters. The molecule has 4 rings (SSSR count). The minimum absolute atomic E-state index is 0.240. The Morgan fingerprint density at radius 2 is 1.87 bits per heavy atom. The number of H-pyrrole nitrogens is 1. The molecule has 0 bridgehead atoms. The molecule has 0 fully saturated rings. The number of aromatic amines is 1. The van der Waals surface area contributed by atoms with E-state index in [2.05, 4.69) is 15.2 Å². The molecule has 0 saturated carbocycles. The lowest BCUT2D eigenvalue weighted by atomic mass is 10.1. The lowest BCUT2D eigenvalue weighted by Crippen LogP contribution is -2.34. The first-order chi connectivity index (χ1) is 14.8. The average Bonchev–Trinajstić information content (AvgIpc) is 3.34. The fourth-order valence-electron chi connectivity index (χ4n) is 3.00. The zero-order chi connectivity index (χ0) is 22.0. The van der Waals surface area contributed by atoms with Gasteiger partial charge in [0, 0.05) is 33.4 Å². The SMILES string of the molecule is O=C(CSc1nnc(-c2c[nH]c3ccccc23)n1-c1ccc(Cl)cc1)NCC(F)(F)F. The van der Waals surface area contributed by atoms with Crippen LogP contribution in [0.3, 0.4) is 0 Å². The van der Waals surface area contributed by atoms with E-state index in [1.165, 1.54) is 0 Å². The summed E-state index contributed by atoms with van der Waals surface area (Å²) in [7, 11) is 0. The van der Waals surface area contributed by atoms with Gasteiger partial charge in [-0.2, -0.15) is 13.2 Å². The summed E-state index contributed by atoms with van der Waals surface area (Å²) >= 11 is 7.00. The zero-order valence-electron chi connectivity index (χ0n) is 15.8. The second-order valence-corrected chi connectivity index (χ2v) is 7.93. The van der Waals surface area contributed by atoms with E-state index in [1.54, 1.807) is 28.8 Å². The Morgan fingerprint density at radius 1 is 1.13 bits per heavy atom. The molecule has 1 amide bonds. The first-order valence-corrected chi connectivity index (χ1v) is 10.4. The van der Waals surface area contributed by atoms with E-state index >= 15 is 0 Å². The number of fused-ring (bicyclic) bond motifs is 1. The van der Waals surface area contributed by atoms with Crippen LogP contribution in [0.1, 0.15) is 0 Å². The van der Waals surface area contributed by atoms with Crippen molar-refractivity contribution in [3.05, 3.63) is 59.8 Å². The molecule has 0 saturated heterocycles. The van der Waals surface area contributed by atoms with E-state index in [-0.39, 0.29) is 5.75 Å². The molecule has 2 heterocycles. The minimum Gasteiger partial charge on any atom is -0.360 e. The highest BCUT2D eigenvalue weighted by Crippen LogP contribution is 2.32. The van der Waals surface area contributed by atoms with Gasteiger partial charge in [0.25, 0.3) is 0 Å². The summed E-state index contributed by atoms with van der Waals surface area (Å²) in [6.45, 7) is -1.38. The first kappa shape index (κ1) is 21.3. The molecule has 11 heteroatoms. The van der Waals surface area contributed by atoms with Crippen molar-refractivity contribution in [3.63, 3.8) is 0 Å². The molecular formula is C20H15ClF3N5OS. The van der Waals surface area contributed by atoms with Crippen LogP contribution in [0.15, 0.2) is 59.9 Å². The molecular weight excluding hydrogens is 451 g/mol. The third kappa shape index (κ3) is 4.86. The van der Waals surface area contributed by atoms with E-state index in [4.69, 9.17) is 11.6 Å². The molecule has 2 N–H and O–H groups in total. The summed E-state index contributed by atoms with van der Waals surface area (Å²) in [6, 6.07) is 14.7. The number of carbonyl (C=O) groups excluding carboxylic acids is 1. The summed E-state index contributed by atoms with van der Waals surface area (Å²) in [6.07, 6.45) is -2.66. The third-order valence-corrected chi connectivity index (χ3v) is 5.55. The number of alkyl halides is 3. The number of hydrogen-bond acceptors (Lipinski definition) is 4. The molecule has 0 spiro atoms. The molecule has 0 aliphatic carbocycles. The monoisotopic (exact) mass is 465 g/mol. The Bertz CT molecular complexity index is 1220. The molecule has 4 aromatic rings. The molecule has 2 aromatic heterocycles. The van der Waals surface area contributed by atoms with Crippen LogP contribution in [0.2, 0.25) is 5.02 Å². The van der Waals surface area contributed by atoms with Gasteiger partial charge < -0.3 is 10.3 Å². The van der Waals surface area contributed by atoms with Crippen LogP contribution in [-0.4, -0.2) is 44.1 Å². The van der Waals surface area contributed by atoms with Crippen molar-refractivity contribution in [3.8, 4) is 17.1 Å². The molecule has 160 valence electrons. The smallest absolute Gasteiger partial charge is 0.360 e. The second kappa shape index (κ2) is 8.64. The summed E-state index contributed by atoms with van der Waals surface area (Å²) < 4.78 is 38.7. The largest absolute Gasteiger partial charge is 0.405 e. The predicted octanol–water partition coefficient (Wildman–Crippen LogP) is 4.84. The van der Waals surface area contributed by atoms with Crippen molar-refractivity contribution < 1.29 is 18.0 Å². The highest BCUT2D eigenvalue weighted by Gasteiger charge is 2.28. The van der Waals surface area contributed by atoms with Crippen LogP contribution in [0, 0.1) is 0 Å². The normalized spacial score (nSPS) is 11.7. The van der Waals surface area contributed by atoms with Gasteiger partial charge >= 0.3 is 6.18 Å². The number of amides is 1. The lowest BCUT2D eigenvalue weighted by Gasteiger charge is -2.11. The van der Waals surface area contributed by atoms with E-state index in [0.717, 1.165) is 28.2 Å². The van der Waals surface area contributed by atoms with Gasteiger partial charge in [-0.25, -0.2) is 0 Å². The molecule has 6 nitrogen and oxygen atoms in total. The maximum Gasteiger partial charge on any atom is 0.405 e. The maximum absolute atomic E-state index is 12.3. The van der Waals surface area contributed by atoms with Crippen molar-refractivity contribution in [2.24, 2.45) is 0 Å². The van der Waals surface area contributed by atoms with Gasteiger partial charge in [-0.3, -0.25) is 9.36 Å². The Balaban J connectivity index is 1.68. The third-order valence-electron chi connectivity index (χ3n) is 4.37. The Kier molecular flexibility index (Phi) is 5.92. The van der Waals surface area contributed by atoms with Gasteiger partial charge in [0.05, 0.1) is 5.75 Å². The van der Waals surface area contributed by atoms with Gasteiger partial charge in [-0.1, -0.05) is 41.6 Å². The Labute approximate surface area is 183 Å². The van der Waals surface area contributed by atoms with E-state index in [1.807, 2.05) is 35.8 Å². The number of aromatic nitrogens is 4. The van der Waals surface area contributed by atoms with Crippen LogP contribution < -0.4 is 5.32 Å². The van der Waals surface area contributed by atoms with Gasteiger partial charge in [-0.05, 0) is 30.3 Å². The molecule has 0 aliphatic rings. The number of rotatable bonds is 6. The number of hydrogen-bond donors (Lipinski definition) is 2. The summed E-state index contributed by atoms with van der Waals surface area (Å²) in [5, 5.41) is 12.2. The minimum atomic E-state index is -4.47. The van der Waals surface area contributed by atoms with E-state index in [9.17, 15) is 18.0 Å². The van der Waals surface area contributed by atoms with Crippen molar-refractivity contribution in [2.45, 2.75) is 11.3 Å². The van der Waals surface area contributed by atoms with Crippen LogP contribution in [0.5, 0.6) is 0 Å². The summed E-state index contributed by atoms with van der Waals surface area (Å²) in [5.41, 5.74) is 2.42. The number of halogens is 4. The van der Waals surface area contributed by atoms with Crippen LogP contribution in [0.4, 0.5) is 13.2 Å². The van der Waals surface area contributed by atoms with E-state index < -0.39 is 18.6 Å². The summed E-state index contributed by atoms with van der Waals surface area (Å²) in [5.74, 6) is -0.463. The van der Waals surface area contributed by atoms with Crippen LogP contribution in [-0.2, 0) is 4.79 Å². The molecule has 2 aromatic carbocycles. The Hall–Kier alpha value is -2.98. The molecule has 0 aliphatic heterocycles. The van der Waals surface area contributed by atoms with Crippen molar-refractivity contribution >= 4 is 40.2 Å². The first-order valence-electron chi connectivity index (χ1n) is 9.06. The van der Waals surface area contributed by atoms with Gasteiger partial charge in [0.15, 0.2) is 11.0 Å². The van der Waals surface area contributed by atoms with E-state index in [0.29, 0.717) is 21.7 Å². The van der Waals surface area contributed by atoms with Gasteiger partial charge in [0.1, 0.15) is 6.54 Å². The number of nitrogens with one attached hydrogen (secondary N) is 2. The second-order valence-electron chi connectivity index (χ2n) is 6.55. The number of carbonyl (C=O) groups is 1. The van der Waals surface area contributed by atoms with Crippen LogP contribution >= 0.6 is 23.4 Å². The topological polar surface area (TPSA) is 75.6 Å². The number of nitrogens with zero attached hydrogens (tertiary/aromatic N) is 3. The maximum atomic E-state index is 12.3. The standard InChI is InChI=1S/C20H15ClF3N5OS/c21-12-5-7-13(8-6-12)29-18(15-9-25-16-4-2-1-3-14(15)16)27-28-19(29)31-10-17(30)26-11-20(22,23)24/h1-9,25H,10-11H2,(H,26,30). The fourth-order valence-corrected chi connectivity index (χ4v) is 3.91. The lowest BCUT2D eigenvalue weighted by molar-refractivity contribution is -0.136. The van der Waals surface area contributed by atoms with Crippen LogP contribution in [0.25, 0.3) is 28.0 Å². The zero-order valence-corrected chi connectivity index (χ0v) is 17.4. The Morgan fingerprint density at radius 3 is 2.61 bits per heavy atom.